The fourth-order valence-electron chi connectivity index (χ4n) is 2.91. The topological polar surface area (TPSA) is 23.4 Å². The first-order valence-corrected chi connectivity index (χ1v) is 8.60. The van der Waals surface area contributed by atoms with Crippen LogP contribution < -0.4 is 9.47 Å². The van der Waals surface area contributed by atoms with E-state index in [9.17, 15) is 0 Å². The van der Waals surface area contributed by atoms with Crippen LogP contribution in [0, 0.1) is 0 Å². The van der Waals surface area contributed by atoms with E-state index in [4.69, 9.17) is 9.47 Å². The second kappa shape index (κ2) is 6.61. The molecule has 3 nitrogen and oxygen atoms in total. The first-order valence-electron chi connectivity index (χ1n) is 7.48. The van der Waals surface area contributed by atoms with Crippen LogP contribution in [0.1, 0.15) is 12.8 Å². The summed E-state index contributed by atoms with van der Waals surface area (Å²) in [6.45, 7) is 0.992. The van der Waals surface area contributed by atoms with E-state index in [1.54, 1.807) is 14.2 Å². The van der Waals surface area contributed by atoms with Crippen LogP contribution in [-0.2, 0) is 6.54 Å². The summed E-state index contributed by atoms with van der Waals surface area (Å²) in [7, 11) is 3.42. The Morgan fingerprint density at radius 2 is 1.41 bits per heavy atom. The number of aromatic nitrogens is 1. The predicted octanol–water partition coefficient (Wildman–Crippen LogP) is 4.99. The van der Waals surface area contributed by atoms with Gasteiger partial charge < -0.3 is 14.0 Å². The van der Waals surface area contributed by atoms with Crippen molar-refractivity contribution >= 4 is 37.7 Å². The maximum Gasteiger partial charge on any atom is 0.120 e. The summed E-state index contributed by atoms with van der Waals surface area (Å²) in [5.74, 6) is 1.79. The molecule has 0 saturated heterocycles. The van der Waals surface area contributed by atoms with E-state index in [0.29, 0.717) is 0 Å². The molecular weight excluding hydrogens is 342 g/mol. The highest BCUT2D eigenvalue weighted by Crippen LogP contribution is 2.33. The van der Waals surface area contributed by atoms with E-state index in [0.717, 1.165) is 36.2 Å². The third-order valence-electron chi connectivity index (χ3n) is 4.05. The van der Waals surface area contributed by atoms with Crippen molar-refractivity contribution in [1.82, 2.24) is 4.57 Å². The fourth-order valence-corrected chi connectivity index (χ4v) is 3.31. The highest BCUT2D eigenvalue weighted by molar-refractivity contribution is 9.09. The molecule has 3 aromatic rings. The molecular formula is C18H20BrNO2. The molecule has 0 fully saturated rings. The van der Waals surface area contributed by atoms with Gasteiger partial charge in [-0.1, -0.05) is 15.9 Å². The van der Waals surface area contributed by atoms with Crippen LogP contribution in [0.2, 0.25) is 0 Å². The molecule has 0 spiro atoms. The number of methoxy groups -OCH3 is 2. The standard InChI is InChI=1S/C18H20BrNO2/c1-21-13-5-7-15-16-8-6-14(22-2)12-18(16)20(17(15)11-13)10-4-3-9-19/h5-8,11-12H,3-4,9-10H2,1-2H3. The monoisotopic (exact) mass is 361 g/mol. The summed E-state index contributed by atoms with van der Waals surface area (Å²) in [4.78, 5) is 0. The van der Waals surface area contributed by atoms with Crippen molar-refractivity contribution in [2.75, 3.05) is 19.5 Å². The Labute approximate surface area is 138 Å². The molecule has 2 aromatic carbocycles. The van der Waals surface area contributed by atoms with Gasteiger partial charge in [0.05, 0.1) is 25.3 Å². The van der Waals surface area contributed by atoms with Crippen molar-refractivity contribution in [3.63, 3.8) is 0 Å². The van der Waals surface area contributed by atoms with E-state index in [1.165, 1.54) is 21.8 Å². The van der Waals surface area contributed by atoms with Gasteiger partial charge in [-0.15, -0.1) is 0 Å². The molecule has 0 aliphatic heterocycles. The van der Waals surface area contributed by atoms with Crippen LogP contribution in [0.4, 0.5) is 0 Å². The lowest BCUT2D eigenvalue weighted by Gasteiger charge is -2.08. The van der Waals surface area contributed by atoms with Crippen molar-refractivity contribution in [3.8, 4) is 11.5 Å². The lowest BCUT2D eigenvalue weighted by atomic mass is 10.1. The minimum Gasteiger partial charge on any atom is -0.497 e. The fraction of sp³-hybridized carbons (Fsp3) is 0.333. The molecule has 0 aliphatic rings. The smallest absolute Gasteiger partial charge is 0.120 e. The number of aryl methyl sites for hydroxylation is 1. The van der Waals surface area contributed by atoms with Gasteiger partial charge >= 0.3 is 0 Å². The maximum absolute atomic E-state index is 5.40. The molecule has 0 radical (unpaired) electrons. The Morgan fingerprint density at radius 1 is 0.864 bits per heavy atom. The number of benzene rings is 2. The largest absolute Gasteiger partial charge is 0.497 e. The first-order chi connectivity index (χ1) is 10.8. The Bertz CT molecular complexity index is 733. The normalized spacial score (nSPS) is 11.2. The van der Waals surface area contributed by atoms with Crippen molar-refractivity contribution < 1.29 is 9.47 Å². The number of nitrogens with zero attached hydrogens (tertiary/aromatic N) is 1. The molecule has 0 aliphatic carbocycles. The SMILES string of the molecule is COc1ccc2c3ccc(OC)cc3n(CCCCBr)c2c1. The number of halogens is 1. The zero-order chi connectivity index (χ0) is 15.5. The van der Waals surface area contributed by atoms with Gasteiger partial charge in [-0.05, 0) is 37.1 Å². The Morgan fingerprint density at radius 3 is 1.86 bits per heavy atom. The van der Waals surface area contributed by atoms with E-state index in [2.05, 4.69) is 44.8 Å². The van der Waals surface area contributed by atoms with Crippen LogP contribution in [0.3, 0.4) is 0 Å². The average molecular weight is 362 g/mol. The zero-order valence-corrected chi connectivity index (χ0v) is 14.5. The highest BCUT2D eigenvalue weighted by atomic mass is 79.9. The number of alkyl halides is 1. The molecule has 0 N–H and O–H groups in total. The van der Waals surface area contributed by atoms with Gasteiger partial charge in [-0.25, -0.2) is 0 Å². The summed E-state index contributed by atoms with van der Waals surface area (Å²) >= 11 is 3.51. The first kappa shape index (κ1) is 15.2. The van der Waals surface area contributed by atoms with Gasteiger partial charge in [-0.3, -0.25) is 0 Å². The van der Waals surface area contributed by atoms with Crippen molar-refractivity contribution in [3.05, 3.63) is 36.4 Å². The summed E-state index contributed by atoms with van der Waals surface area (Å²) in [5, 5.41) is 3.56. The third-order valence-corrected chi connectivity index (χ3v) is 4.61. The van der Waals surface area contributed by atoms with Gasteiger partial charge in [-0.2, -0.15) is 0 Å². The second-order valence-electron chi connectivity index (χ2n) is 5.31. The Balaban J connectivity index is 2.22. The highest BCUT2D eigenvalue weighted by Gasteiger charge is 2.12. The molecule has 0 amide bonds. The lowest BCUT2D eigenvalue weighted by Crippen LogP contribution is -1.98. The van der Waals surface area contributed by atoms with Gasteiger partial charge in [0.25, 0.3) is 0 Å². The molecule has 0 unspecified atom stereocenters. The van der Waals surface area contributed by atoms with Crippen LogP contribution >= 0.6 is 15.9 Å². The zero-order valence-electron chi connectivity index (χ0n) is 12.9. The van der Waals surface area contributed by atoms with Gasteiger partial charge in [0.2, 0.25) is 0 Å². The van der Waals surface area contributed by atoms with Crippen LogP contribution in [0.15, 0.2) is 36.4 Å². The summed E-state index contributed by atoms with van der Waals surface area (Å²) < 4.78 is 13.2. The quantitative estimate of drug-likeness (QED) is 0.456. The van der Waals surface area contributed by atoms with Crippen molar-refractivity contribution in [2.45, 2.75) is 19.4 Å². The Kier molecular flexibility index (Phi) is 4.57. The van der Waals surface area contributed by atoms with Crippen molar-refractivity contribution in [2.24, 2.45) is 0 Å². The molecule has 0 saturated carbocycles. The van der Waals surface area contributed by atoms with Crippen LogP contribution in [-0.4, -0.2) is 24.1 Å². The molecule has 4 heteroatoms. The number of unbranched alkanes of at least 4 members (excludes halogenated alkanes) is 1. The van der Waals surface area contributed by atoms with Crippen molar-refractivity contribution in [1.29, 1.82) is 0 Å². The molecule has 1 heterocycles. The van der Waals surface area contributed by atoms with Crippen LogP contribution in [0.25, 0.3) is 21.8 Å². The molecule has 0 bridgehead atoms. The predicted molar refractivity (Wildman–Crippen MR) is 95.6 cm³/mol. The number of ether oxygens (including phenoxy) is 2. The lowest BCUT2D eigenvalue weighted by molar-refractivity contribution is 0.415. The molecule has 116 valence electrons. The average Bonchev–Trinajstić information content (AvgIpc) is 2.87. The minimum atomic E-state index is 0.893. The number of fused-ring (bicyclic) bond motifs is 3. The molecule has 1 aromatic heterocycles. The Hall–Kier alpha value is -1.68. The van der Waals surface area contributed by atoms with Gasteiger partial charge in [0, 0.05) is 34.8 Å². The van der Waals surface area contributed by atoms with E-state index in [-0.39, 0.29) is 0 Å². The van der Waals surface area contributed by atoms with E-state index >= 15 is 0 Å². The second-order valence-corrected chi connectivity index (χ2v) is 6.11. The molecule has 22 heavy (non-hydrogen) atoms. The van der Waals surface area contributed by atoms with Gasteiger partial charge in [0.1, 0.15) is 11.5 Å². The van der Waals surface area contributed by atoms with E-state index in [1.807, 2.05) is 12.1 Å². The summed E-state index contributed by atoms with van der Waals surface area (Å²) in [6.07, 6.45) is 2.30. The van der Waals surface area contributed by atoms with E-state index < -0.39 is 0 Å². The molecule has 0 atom stereocenters. The number of rotatable bonds is 6. The number of hydrogen-bond acceptors (Lipinski definition) is 2. The molecule has 3 rings (SSSR count). The third kappa shape index (κ3) is 2.68. The van der Waals surface area contributed by atoms with Crippen LogP contribution in [0.5, 0.6) is 11.5 Å². The summed E-state index contributed by atoms with van der Waals surface area (Å²) in [6, 6.07) is 12.6. The summed E-state index contributed by atoms with van der Waals surface area (Å²) in [5.41, 5.74) is 2.44. The number of hydrogen-bond donors (Lipinski definition) is 0. The van der Waals surface area contributed by atoms with Gasteiger partial charge in [0.15, 0.2) is 0 Å². The maximum atomic E-state index is 5.40. The minimum absolute atomic E-state index is 0.893.